The van der Waals surface area contributed by atoms with Gasteiger partial charge in [-0.25, -0.2) is 8.42 Å². The number of benzene rings is 1. The van der Waals surface area contributed by atoms with Gasteiger partial charge in [0.1, 0.15) is 0 Å². The Morgan fingerprint density at radius 3 is 2.43 bits per heavy atom. The number of sulfone groups is 1. The molecule has 0 saturated heterocycles. The summed E-state index contributed by atoms with van der Waals surface area (Å²) >= 11 is 13.2. The molecule has 1 aromatic heterocycles. The first-order chi connectivity index (χ1) is 10.7. The van der Waals surface area contributed by atoms with Crippen LogP contribution in [-0.2, 0) is 16.4 Å². The molecule has 2 aromatic rings. The predicted molar refractivity (Wildman–Crippen MR) is 94.3 cm³/mol. The number of hydrogen-bond acceptors (Lipinski definition) is 4. The fourth-order valence-electron chi connectivity index (χ4n) is 2.06. The zero-order valence-corrected chi connectivity index (χ0v) is 15.7. The summed E-state index contributed by atoms with van der Waals surface area (Å²) in [5.74, 6) is -0.251. The maximum absolute atomic E-state index is 12.6. The second kappa shape index (κ2) is 7.21. The molecule has 0 unspecified atom stereocenters. The minimum Gasteiger partial charge on any atom is -0.334 e. The molecule has 0 spiro atoms. The van der Waals surface area contributed by atoms with E-state index in [0.717, 1.165) is 11.1 Å². The summed E-state index contributed by atoms with van der Waals surface area (Å²) in [5, 5.41) is 0.108. The van der Waals surface area contributed by atoms with Crippen molar-refractivity contribution in [3.05, 3.63) is 50.1 Å². The average Bonchev–Trinajstić information content (AvgIpc) is 2.88. The van der Waals surface area contributed by atoms with Crippen molar-refractivity contribution in [2.75, 3.05) is 12.8 Å². The largest absolute Gasteiger partial charge is 0.334 e. The Balaban J connectivity index is 2.31. The van der Waals surface area contributed by atoms with Crippen LogP contribution < -0.4 is 0 Å². The van der Waals surface area contributed by atoms with E-state index in [1.54, 1.807) is 11.0 Å². The van der Waals surface area contributed by atoms with Crippen molar-refractivity contribution in [1.29, 1.82) is 0 Å². The highest BCUT2D eigenvalue weighted by atomic mass is 35.5. The third kappa shape index (κ3) is 4.47. The van der Waals surface area contributed by atoms with Crippen molar-refractivity contribution in [1.82, 2.24) is 4.90 Å². The van der Waals surface area contributed by atoms with E-state index in [1.165, 1.54) is 29.5 Å². The summed E-state index contributed by atoms with van der Waals surface area (Å²) in [4.78, 5) is 15.2. The lowest BCUT2D eigenvalue weighted by molar-refractivity contribution is 0.0754. The molecule has 0 aliphatic carbocycles. The molecule has 2 rings (SSSR count). The maximum atomic E-state index is 12.6. The van der Waals surface area contributed by atoms with Crippen molar-refractivity contribution >= 4 is 50.3 Å². The van der Waals surface area contributed by atoms with Gasteiger partial charge in [-0.1, -0.05) is 23.2 Å². The lowest BCUT2D eigenvalue weighted by atomic mass is 10.2. The Labute approximate surface area is 149 Å². The zero-order chi connectivity index (χ0) is 17.2. The minimum absolute atomic E-state index is 0.0414. The molecular weight excluding hydrogens is 377 g/mol. The highest BCUT2D eigenvalue weighted by molar-refractivity contribution is 7.90. The quantitative estimate of drug-likeness (QED) is 0.769. The molecule has 1 heterocycles. The standard InChI is InChI=1S/C15H15Cl2NO3S2/c1-3-18(9-11-5-7-14(17)22-11)15(19)10-4-6-12(16)13(8-10)23(2,20)21/h4-8H,3,9H2,1-2H3. The van der Waals surface area contributed by atoms with E-state index in [1.807, 2.05) is 13.0 Å². The van der Waals surface area contributed by atoms with E-state index in [9.17, 15) is 13.2 Å². The SMILES string of the molecule is CCN(Cc1ccc(Cl)s1)C(=O)c1ccc(Cl)c(S(C)(=O)=O)c1. The van der Waals surface area contributed by atoms with Crippen LogP contribution in [0.25, 0.3) is 0 Å². The number of carbonyl (C=O) groups is 1. The van der Waals surface area contributed by atoms with Gasteiger partial charge in [0.05, 0.1) is 20.8 Å². The van der Waals surface area contributed by atoms with Gasteiger partial charge in [-0.2, -0.15) is 0 Å². The van der Waals surface area contributed by atoms with Crippen LogP contribution in [0.5, 0.6) is 0 Å². The van der Waals surface area contributed by atoms with Gasteiger partial charge in [0.2, 0.25) is 0 Å². The van der Waals surface area contributed by atoms with Crippen LogP contribution in [0.2, 0.25) is 9.36 Å². The van der Waals surface area contributed by atoms with Gasteiger partial charge in [0.15, 0.2) is 9.84 Å². The van der Waals surface area contributed by atoms with Crippen LogP contribution in [0.4, 0.5) is 0 Å². The molecule has 23 heavy (non-hydrogen) atoms. The summed E-state index contributed by atoms with van der Waals surface area (Å²) in [7, 11) is -3.50. The van der Waals surface area contributed by atoms with Gasteiger partial charge in [0, 0.05) is 23.2 Å². The smallest absolute Gasteiger partial charge is 0.254 e. The first-order valence-electron chi connectivity index (χ1n) is 6.75. The molecule has 4 nitrogen and oxygen atoms in total. The number of halogens is 2. The van der Waals surface area contributed by atoms with Gasteiger partial charge in [0.25, 0.3) is 5.91 Å². The molecule has 8 heteroatoms. The van der Waals surface area contributed by atoms with Crippen LogP contribution in [0.15, 0.2) is 35.2 Å². The second-order valence-electron chi connectivity index (χ2n) is 4.94. The van der Waals surface area contributed by atoms with Gasteiger partial charge in [-0.3, -0.25) is 4.79 Å². The summed E-state index contributed by atoms with van der Waals surface area (Å²) < 4.78 is 24.1. The van der Waals surface area contributed by atoms with E-state index in [2.05, 4.69) is 0 Å². The second-order valence-corrected chi connectivity index (χ2v) is 9.13. The molecule has 0 bridgehead atoms. The normalized spacial score (nSPS) is 11.5. The van der Waals surface area contributed by atoms with E-state index in [0.29, 0.717) is 23.0 Å². The lowest BCUT2D eigenvalue weighted by Gasteiger charge is -2.20. The number of thiophene rings is 1. The monoisotopic (exact) mass is 391 g/mol. The Kier molecular flexibility index (Phi) is 5.73. The van der Waals surface area contributed by atoms with E-state index in [4.69, 9.17) is 23.2 Å². The predicted octanol–water partition coefficient (Wildman–Crippen LogP) is 4.12. The first-order valence-corrected chi connectivity index (χ1v) is 10.2. The molecule has 1 amide bonds. The van der Waals surface area contributed by atoms with Crippen molar-refractivity contribution in [2.45, 2.75) is 18.4 Å². The maximum Gasteiger partial charge on any atom is 0.254 e. The van der Waals surface area contributed by atoms with Gasteiger partial charge >= 0.3 is 0 Å². The highest BCUT2D eigenvalue weighted by Gasteiger charge is 2.19. The van der Waals surface area contributed by atoms with Crippen LogP contribution in [0.3, 0.4) is 0 Å². The van der Waals surface area contributed by atoms with Gasteiger partial charge < -0.3 is 4.90 Å². The fourth-order valence-corrected chi connectivity index (χ4v) is 4.46. The number of hydrogen-bond donors (Lipinski definition) is 0. The number of nitrogens with zero attached hydrogens (tertiary/aromatic N) is 1. The molecule has 1 aromatic carbocycles. The van der Waals surface area contributed by atoms with Crippen molar-refractivity contribution in [3.63, 3.8) is 0 Å². The van der Waals surface area contributed by atoms with Crippen LogP contribution in [0.1, 0.15) is 22.2 Å². The van der Waals surface area contributed by atoms with E-state index in [-0.39, 0.29) is 15.8 Å². The third-order valence-electron chi connectivity index (χ3n) is 3.22. The topological polar surface area (TPSA) is 54.5 Å². The molecule has 0 N–H and O–H groups in total. The van der Waals surface area contributed by atoms with Gasteiger partial charge in [-0.15, -0.1) is 11.3 Å². The summed E-state index contributed by atoms with van der Waals surface area (Å²) in [6.45, 7) is 2.77. The molecule has 0 aliphatic rings. The molecule has 0 radical (unpaired) electrons. The zero-order valence-electron chi connectivity index (χ0n) is 12.5. The summed E-state index contributed by atoms with van der Waals surface area (Å²) in [6.07, 6.45) is 1.06. The highest BCUT2D eigenvalue weighted by Crippen LogP contribution is 2.25. The van der Waals surface area contributed by atoms with E-state index < -0.39 is 9.84 Å². The van der Waals surface area contributed by atoms with Crippen LogP contribution in [0, 0.1) is 0 Å². The molecule has 0 atom stereocenters. The number of amides is 1. The van der Waals surface area contributed by atoms with Crippen LogP contribution >= 0.6 is 34.5 Å². The van der Waals surface area contributed by atoms with Crippen LogP contribution in [-0.4, -0.2) is 32.0 Å². The van der Waals surface area contributed by atoms with Gasteiger partial charge in [-0.05, 0) is 37.3 Å². The molecule has 0 fully saturated rings. The molecule has 0 saturated carbocycles. The third-order valence-corrected chi connectivity index (χ3v) is 6.02. The summed E-state index contributed by atoms with van der Waals surface area (Å²) in [5.41, 5.74) is 0.291. The molecule has 124 valence electrons. The minimum atomic E-state index is -3.50. The number of carbonyl (C=O) groups excluding carboxylic acids is 1. The van der Waals surface area contributed by atoms with E-state index >= 15 is 0 Å². The van der Waals surface area contributed by atoms with Crippen molar-refractivity contribution < 1.29 is 13.2 Å². The Bertz CT molecular complexity index is 831. The molecular formula is C15H15Cl2NO3S2. The lowest BCUT2D eigenvalue weighted by Crippen LogP contribution is -2.30. The molecule has 0 aliphatic heterocycles. The van der Waals surface area contributed by atoms with Crippen molar-refractivity contribution in [3.8, 4) is 0 Å². The Morgan fingerprint density at radius 2 is 1.91 bits per heavy atom. The summed E-state index contributed by atoms with van der Waals surface area (Å²) in [6, 6.07) is 7.94. The van der Waals surface area contributed by atoms with Crippen molar-refractivity contribution in [2.24, 2.45) is 0 Å². The Morgan fingerprint density at radius 1 is 1.22 bits per heavy atom. The average molecular weight is 392 g/mol. The Hall–Kier alpha value is -1.08. The number of rotatable bonds is 5. The first kappa shape index (κ1) is 18.3. The fraction of sp³-hybridized carbons (Fsp3) is 0.267.